The standard InChI is InChI=1S/C25H16O.C12H10N.Ir/c1-2-8-18(9-3-1)16-19-10-6-11-20(17-19)21-13-7-14-23-22-12-4-5-15-24(22)26-25(21)23;1-10-7-8-12(13-9-10)11-5-3-2-4-6-11;/h1-10,12,14-15,17H,16H2;2-5,7-9H,1H3;/q-2;-1;+3/i16D2;1D3;. The molecule has 0 fully saturated rings. The van der Waals surface area contributed by atoms with Crippen LogP contribution in [-0.2, 0) is 26.5 Å². The van der Waals surface area contributed by atoms with E-state index in [2.05, 4.69) is 23.2 Å². The topological polar surface area (TPSA) is 26.0 Å². The van der Waals surface area contributed by atoms with Gasteiger partial charge < -0.3 is 9.40 Å². The molecule has 0 aliphatic heterocycles. The minimum atomic E-state index is -2.09. The van der Waals surface area contributed by atoms with Gasteiger partial charge in [-0.25, -0.2) is 5.56 Å². The van der Waals surface area contributed by atoms with E-state index in [9.17, 15) is 0 Å². The van der Waals surface area contributed by atoms with Crippen molar-refractivity contribution in [1.29, 1.82) is 0 Å². The van der Waals surface area contributed by atoms with Crippen molar-refractivity contribution in [3.8, 4) is 22.4 Å². The minimum Gasteiger partial charge on any atom is -0.510 e. The van der Waals surface area contributed by atoms with Gasteiger partial charge >= 0.3 is 20.1 Å². The fourth-order valence-electron chi connectivity index (χ4n) is 4.37. The van der Waals surface area contributed by atoms with Crippen LogP contribution in [0.3, 0.4) is 0 Å². The molecular formula is C37H26IrNO. The normalized spacial score (nSPS) is 13.1. The Morgan fingerprint density at radius 1 is 0.725 bits per heavy atom. The molecule has 194 valence electrons. The molecule has 2 nitrogen and oxygen atoms in total. The molecule has 0 atom stereocenters. The number of aromatic nitrogens is 1. The van der Waals surface area contributed by atoms with Gasteiger partial charge in [-0.1, -0.05) is 66.0 Å². The van der Waals surface area contributed by atoms with E-state index in [0.29, 0.717) is 11.1 Å². The predicted octanol–water partition coefficient (Wildman–Crippen LogP) is 9.30. The van der Waals surface area contributed by atoms with Crippen LogP contribution in [0.5, 0.6) is 0 Å². The van der Waals surface area contributed by atoms with Gasteiger partial charge in [0.15, 0.2) is 0 Å². The van der Waals surface area contributed by atoms with Crippen LogP contribution in [0.1, 0.15) is 23.5 Å². The van der Waals surface area contributed by atoms with E-state index >= 15 is 0 Å². The van der Waals surface area contributed by atoms with Crippen LogP contribution in [0.15, 0.2) is 132 Å². The van der Waals surface area contributed by atoms with Gasteiger partial charge in [-0.2, -0.15) is 35.9 Å². The van der Waals surface area contributed by atoms with E-state index < -0.39 is 13.2 Å². The van der Waals surface area contributed by atoms with Crippen molar-refractivity contribution in [3.05, 3.63) is 162 Å². The monoisotopic (exact) mass is 698 g/mol. The summed E-state index contributed by atoms with van der Waals surface area (Å²) in [6.45, 7) is -2.09. The summed E-state index contributed by atoms with van der Waals surface area (Å²) in [7, 11) is 0. The van der Waals surface area contributed by atoms with Crippen molar-refractivity contribution in [2.45, 2.75) is 13.2 Å². The van der Waals surface area contributed by atoms with Crippen LogP contribution < -0.4 is 0 Å². The largest absolute Gasteiger partial charge is 3.00 e. The number of nitrogens with zero attached hydrogens (tertiary/aromatic N) is 1. The quantitative estimate of drug-likeness (QED) is 0.172. The molecule has 0 bridgehead atoms. The number of aryl methyl sites for hydroxylation is 1. The summed E-state index contributed by atoms with van der Waals surface area (Å²) >= 11 is 0. The summed E-state index contributed by atoms with van der Waals surface area (Å²) in [5.74, 6) is 0. The SMILES string of the molecule is [2H]C([2H])([2H])c1ccc(-c2[c-]cccc2)nc1.[2H]C([2H])(c1ccccc1)c1cc[c-]c(-c2[c-]ccc3c2oc2ccccc23)c1.[Ir+3]. The van der Waals surface area contributed by atoms with Crippen LogP contribution in [0.4, 0.5) is 0 Å². The van der Waals surface area contributed by atoms with Crippen LogP contribution in [0, 0.1) is 25.1 Å². The second-order valence-corrected chi connectivity index (χ2v) is 8.88. The molecule has 2 aromatic heterocycles. The molecule has 0 unspecified atom stereocenters. The first-order valence-electron chi connectivity index (χ1n) is 15.1. The Balaban J connectivity index is 0.000000202. The second-order valence-electron chi connectivity index (χ2n) is 8.88. The van der Waals surface area contributed by atoms with E-state index in [1.165, 1.54) is 6.20 Å². The molecule has 0 radical (unpaired) electrons. The number of hydrogen-bond acceptors (Lipinski definition) is 2. The summed E-state index contributed by atoms with van der Waals surface area (Å²) in [6.07, 6.45) is -0.212. The van der Waals surface area contributed by atoms with Crippen molar-refractivity contribution in [2.24, 2.45) is 0 Å². The third-order valence-corrected chi connectivity index (χ3v) is 6.22. The van der Waals surface area contributed by atoms with Crippen molar-refractivity contribution in [1.82, 2.24) is 4.98 Å². The van der Waals surface area contributed by atoms with E-state index in [0.717, 1.165) is 44.3 Å². The number of hydrogen-bond donors (Lipinski definition) is 0. The summed E-state index contributed by atoms with van der Waals surface area (Å²) in [6, 6.07) is 46.7. The van der Waals surface area contributed by atoms with Crippen molar-refractivity contribution >= 4 is 21.9 Å². The molecule has 0 N–H and O–H groups in total. The maximum absolute atomic E-state index is 8.64. The Bertz CT molecular complexity index is 2020. The Morgan fingerprint density at radius 2 is 1.52 bits per heavy atom. The zero-order chi connectivity index (χ0) is 30.7. The first-order chi connectivity index (χ1) is 21.2. The average molecular weight is 698 g/mol. The zero-order valence-corrected chi connectivity index (χ0v) is 23.7. The van der Waals surface area contributed by atoms with Crippen molar-refractivity contribution < 1.29 is 31.4 Å². The van der Waals surface area contributed by atoms with Gasteiger partial charge in [-0.3, -0.25) is 0 Å². The molecule has 0 saturated carbocycles. The molecule has 0 spiro atoms. The number of benzene rings is 5. The molecule has 0 aliphatic rings. The molecule has 0 amide bonds. The predicted molar refractivity (Wildman–Crippen MR) is 159 cm³/mol. The Kier molecular flexibility index (Phi) is 6.83. The van der Waals surface area contributed by atoms with Gasteiger partial charge in [0.1, 0.15) is 5.58 Å². The van der Waals surface area contributed by atoms with Crippen LogP contribution in [-0.4, -0.2) is 4.98 Å². The number of furan rings is 1. The first kappa shape index (κ1) is 21.5. The number of rotatable bonds is 4. The maximum Gasteiger partial charge on any atom is 3.00 e. The summed E-state index contributed by atoms with van der Waals surface area (Å²) in [4.78, 5) is 4.12. The van der Waals surface area contributed by atoms with E-state index in [1.807, 2.05) is 91.0 Å². The van der Waals surface area contributed by atoms with Gasteiger partial charge in [0.25, 0.3) is 0 Å². The smallest absolute Gasteiger partial charge is 0.510 e. The maximum atomic E-state index is 8.64. The Morgan fingerprint density at radius 3 is 2.33 bits per heavy atom. The molecular weight excluding hydrogens is 667 g/mol. The van der Waals surface area contributed by atoms with Crippen LogP contribution >= 0.6 is 0 Å². The van der Waals surface area contributed by atoms with Gasteiger partial charge in [0, 0.05) is 24.0 Å². The van der Waals surface area contributed by atoms with Gasteiger partial charge in [0.05, 0.1) is 0 Å². The van der Waals surface area contributed by atoms with E-state index in [1.54, 1.807) is 30.3 Å². The Labute approximate surface area is 255 Å². The summed E-state index contributed by atoms with van der Waals surface area (Å²) in [5, 5.41) is 2.08. The van der Waals surface area contributed by atoms with Crippen molar-refractivity contribution in [2.75, 3.05) is 0 Å². The molecule has 7 aromatic rings. The summed E-state index contributed by atoms with van der Waals surface area (Å²) < 4.78 is 45.1. The van der Waals surface area contributed by atoms with Crippen molar-refractivity contribution in [3.63, 3.8) is 0 Å². The van der Waals surface area contributed by atoms with Gasteiger partial charge in [-0.15, -0.1) is 53.6 Å². The average Bonchev–Trinajstić information content (AvgIpc) is 3.45. The zero-order valence-electron chi connectivity index (χ0n) is 26.3. The molecule has 0 aliphatic carbocycles. The van der Waals surface area contributed by atoms with Gasteiger partial charge in [-0.05, 0) is 36.1 Å². The van der Waals surface area contributed by atoms with E-state index in [4.69, 9.17) is 11.3 Å². The molecule has 2 heterocycles. The minimum absolute atomic E-state index is 0. The van der Waals surface area contributed by atoms with Crippen LogP contribution in [0.25, 0.3) is 44.3 Å². The van der Waals surface area contributed by atoms with Gasteiger partial charge in [0.2, 0.25) is 0 Å². The number of pyridine rings is 1. The molecule has 0 saturated heterocycles. The fraction of sp³-hybridized carbons (Fsp3) is 0.0541. The summed E-state index contributed by atoms with van der Waals surface area (Å²) in [5.41, 5.74) is 6.18. The number of fused-ring (bicyclic) bond motifs is 3. The molecule has 5 aromatic carbocycles. The molecule has 3 heteroatoms. The van der Waals surface area contributed by atoms with E-state index in [-0.39, 0.29) is 25.7 Å². The van der Waals surface area contributed by atoms with Crippen LogP contribution in [0.2, 0.25) is 0 Å². The number of para-hydroxylation sites is 1. The molecule has 7 rings (SSSR count). The Hall–Kier alpha value is -4.30. The third kappa shape index (κ3) is 6.13. The second kappa shape index (κ2) is 12.7. The third-order valence-electron chi connectivity index (χ3n) is 6.22. The fourth-order valence-corrected chi connectivity index (χ4v) is 4.37. The molecule has 40 heavy (non-hydrogen) atoms. The first-order valence-corrected chi connectivity index (χ1v) is 12.6.